The van der Waals surface area contributed by atoms with Gasteiger partial charge in [-0.15, -0.1) is 0 Å². The first-order chi connectivity index (χ1) is 14.4. The van der Waals surface area contributed by atoms with Crippen molar-refractivity contribution in [3.63, 3.8) is 0 Å². The van der Waals surface area contributed by atoms with E-state index in [1.54, 1.807) is 10.8 Å². The van der Waals surface area contributed by atoms with Crippen LogP contribution in [0.5, 0.6) is 0 Å². The van der Waals surface area contributed by atoms with E-state index in [0.717, 1.165) is 43.4 Å². The monoisotopic (exact) mass is 425 g/mol. The minimum absolute atomic E-state index is 0.188. The summed E-state index contributed by atoms with van der Waals surface area (Å²) < 4.78 is 7.39. The van der Waals surface area contributed by atoms with E-state index in [-0.39, 0.29) is 24.2 Å². The van der Waals surface area contributed by atoms with Crippen molar-refractivity contribution in [1.82, 2.24) is 9.55 Å². The highest BCUT2D eigenvalue weighted by atomic mass is 28.3. The van der Waals surface area contributed by atoms with Gasteiger partial charge in [-0.2, -0.15) is 5.26 Å². The van der Waals surface area contributed by atoms with Gasteiger partial charge in [0.15, 0.2) is 5.69 Å². The lowest BCUT2D eigenvalue weighted by molar-refractivity contribution is 0.0808. The van der Waals surface area contributed by atoms with E-state index in [0.29, 0.717) is 6.61 Å². The molecular weight excluding hydrogens is 394 g/mol. The fourth-order valence-corrected chi connectivity index (χ4v) is 4.22. The molecule has 0 atom stereocenters. The summed E-state index contributed by atoms with van der Waals surface area (Å²) >= 11 is 0. The molecule has 7 nitrogen and oxygen atoms in total. The van der Waals surface area contributed by atoms with Crippen molar-refractivity contribution in [2.75, 3.05) is 29.9 Å². The van der Waals surface area contributed by atoms with E-state index >= 15 is 0 Å². The number of ether oxygens (including phenoxy) is 1. The summed E-state index contributed by atoms with van der Waals surface area (Å²) in [4.78, 5) is 19.5. The molecule has 0 unspecified atom stereocenters. The molecule has 1 fully saturated rings. The Morgan fingerprint density at radius 3 is 2.67 bits per heavy atom. The number of hydrogen-bond donors (Lipinski definition) is 1. The quantitative estimate of drug-likeness (QED) is 0.503. The molecule has 0 radical (unpaired) electrons. The van der Waals surface area contributed by atoms with Crippen LogP contribution in [0.25, 0.3) is 0 Å². The minimum Gasteiger partial charge on any atom is -0.370 e. The van der Waals surface area contributed by atoms with Crippen LogP contribution in [0.1, 0.15) is 35.6 Å². The summed E-state index contributed by atoms with van der Waals surface area (Å²) in [5, 5.41) is 12.2. The SMILES string of the molecule is C[Si](C)(C)CCOCn1cc(C#N)nc1C(=O)Nc1ccccc1N1CCCCC1. The number of benzene rings is 1. The Morgan fingerprint density at radius 2 is 1.97 bits per heavy atom. The molecule has 2 aromatic rings. The van der Waals surface area contributed by atoms with E-state index in [9.17, 15) is 10.1 Å². The Morgan fingerprint density at radius 1 is 1.23 bits per heavy atom. The van der Waals surface area contributed by atoms with Crippen LogP contribution in [-0.4, -0.2) is 43.2 Å². The second-order valence-electron chi connectivity index (χ2n) is 8.90. The van der Waals surface area contributed by atoms with Gasteiger partial charge >= 0.3 is 0 Å². The molecule has 2 heterocycles. The molecule has 0 aliphatic carbocycles. The molecule has 1 aromatic heterocycles. The Labute approximate surface area is 179 Å². The summed E-state index contributed by atoms with van der Waals surface area (Å²) in [5.74, 6) is -0.150. The van der Waals surface area contributed by atoms with E-state index in [2.05, 4.69) is 34.8 Å². The maximum Gasteiger partial charge on any atom is 0.291 e. The zero-order valence-electron chi connectivity index (χ0n) is 18.1. The van der Waals surface area contributed by atoms with Crippen LogP contribution in [-0.2, 0) is 11.5 Å². The molecule has 30 heavy (non-hydrogen) atoms. The zero-order valence-corrected chi connectivity index (χ0v) is 19.1. The molecule has 1 saturated heterocycles. The highest BCUT2D eigenvalue weighted by Crippen LogP contribution is 2.28. The van der Waals surface area contributed by atoms with Gasteiger partial charge in [0.25, 0.3) is 5.91 Å². The van der Waals surface area contributed by atoms with Gasteiger partial charge < -0.3 is 19.5 Å². The van der Waals surface area contributed by atoms with Gasteiger partial charge in [0.2, 0.25) is 5.82 Å². The summed E-state index contributed by atoms with van der Waals surface area (Å²) in [6.07, 6.45) is 5.14. The number of piperidine rings is 1. The zero-order chi connectivity index (χ0) is 21.6. The molecule has 0 spiro atoms. The van der Waals surface area contributed by atoms with Crippen molar-refractivity contribution in [3.8, 4) is 6.07 Å². The van der Waals surface area contributed by atoms with E-state index < -0.39 is 8.07 Å². The number of anilines is 2. The van der Waals surface area contributed by atoms with Crippen LogP contribution >= 0.6 is 0 Å². The second kappa shape index (κ2) is 9.91. The maximum atomic E-state index is 13.0. The number of para-hydroxylation sites is 2. The molecule has 160 valence electrons. The van der Waals surface area contributed by atoms with Crippen LogP contribution in [0.2, 0.25) is 25.7 Å². The van der Waals surface area contributed by atoms with Crippen LogP contribution < -0.4 is 10.2 Å². The van der Waals surface area contributed by atoms with Crippen LogP contribution in [0.4, 0.5) is 11.4 Å². The molecule has 1 aliphatic heterocycles. The number of amides is 1. The van der Waals surface area contributed by atoms with Crippen molar-refractivity contribution in [2.24, 2.45) is 0 Å². The fourth-order valence-electron chi connectivity index (χ4n) is 3.46. The molecule has 1 amide bonds. The highest BCUT2D eigenvalue weighted by molar-refractivity contribution is 6.76. The summed E-state index contributed by atoms with van der Waals surface area (Å²) in [5.41, 5.74) is 1.99. The second-order valence-corrected chi connectivity index (χ2v) is 14.5. The molecule has 1 N–H and O–H groups in total. The topological polar surface area (TPSA) is 83.2 Å². The number of rotatable bonds is 8. The summed E-state index contributed by atoms with van der Waals surface area (Å²) in [7, 11) is -1.19. The van der Waals surface area contributed by atoms with Crippen molar-refractivity contribution in [2.45, 2.75) is 51.7 Å². The predicted octanol–water partition coefficient (Wildman–Crippen LogP) is 4.31. The molecular formula is C22H31N5O2Si. The van der Waals surface area contributed by atoms with E-state index in [4.69, 9.17) is 4.74 Å². The van der Waals surface area contributed by atoms with Crippen LogP contribution in [0.15, 0.2) is 30.5 Å². The molecule has 3 rings (SSSR count). The highest BCUT2D eigenvalue weighted by Gasteiger charge is 2.20. The standard InChI is InChI=1S/C22H31N5O2Si/c1-30(2,3)14-13-29-17-27-16-18(15-23)24-21(27)22(28)25-19-9-5-6-10-20(19)26-11-7-4-8-12-26/h5-6,9-10,16H,4,7-8,11-14,17H2,1-3H3,(H,25,28). The molecule has 1 aliphatic rings. The molecule has 1 aromatic carbocycles. The van der Waals surface area contributed by atoms with Gasteiger partial charge in [0.05, 0.1) is 11.4 Å². The fraction of sp³-hybridized carbons (Fsp3) is 0.500. The molecule has 0 bridgehead atoms. The van der Waals surface area contributed by atoms with Gasteiger partial charge in [0, 0.05) is 34.0 Å². The summed E-state index contributed by atoms with van der Waals surface area (Å²) in [6.45, 7) is 9.69. The van der Waals surface area contributed by atoms with E-state index in [1.165, 1.54) is 6.42 Å². The number of imidazole rings is 1. The lowest BCUT2D eigenvalue weighted by Crippen LogP contribution is -2.30. The van der Waals surface area contributed by atoms with Crippen LogP contribution in [0.3, 0.4) is 0 Å². The summed E-state index contributed by atoms with van der Waals surface area (Å²) in [6, 6.07) is 10.9. The lowest BCUT2D eigenvalue weighted by atomic mass is 10.1. The average Bonchev–Trinajstić information content (AvgIpc) is 3.15. The Kier molecular flexibility index (Phi) is 7.29. The Bertz CT molecular complexity index is 907. The smallest absolute Gasteiger partial charge is 0.291 e. The average molecular weight is 426 g/mol. The van der Waals surface area contributed by atoms with Crippen molar-refractivity contribution >= 4 is 25.4 Å². The first-order valence-electron chi connectivity index (χ1n) is 10.6. The third-order valence-electron chi connectivity index (χ3n) is 5.17. The minimum atomic E-state index is -1.19. The number of carbonyl (C=O) groups is 1. The third-order valence-corrected chi connectivity index (χ3v) is 6.87. The lowest BCUT2D eigenvalue weighted by Gasteiger charge is -2.30. The van der Waals surface area contributed by atoms with Gasteiger partial charge in [-0.05, 0) is 37.4 Å². The predicted molar refractivity (Wildman–Crippen MR) is 122 cm³/mol. The number of nitriles is 1. The Hall–Kier alpha value is -2.63. The van der Waals surface area contributed by atoms with Gasteiger partial charge in [-0.25, -0.2) is 4.98 Å². The van der Waals surface area contributed by atoms with Gasteiger partial charge in [-0.3, -0.25) is 4.79 Å². The van der Waals surface area contributed by atoms with Crippen LogP contribution in [0, 0.1) is 11.3 Å². The van der Waals surface area contributed by atoms with Crippen molar-refractivity contribution < 1.29 is 9.53 Å². The first kappa shape index (κ1) is 22.1. The number of hydrogen-bond acceptors (Lipinski definition) is 5. The number of aromatic nitrogens is 2. The molecule has 0 saturated carbocycles. The van der Waals surface area contributed by atoms with Crippen molar-refractivity contribution in [1.29, 1.82) is 5.26 Å². The number of carbonyl (C=O) groups excluding carboxylic acids is 1. The Balaban J connectivity index is 1.73. The maximum absolute atomic E-state index is 13.0. The number of nitrogens with one attached hydrogen (secondary N) is 1. The largest absolute Gasteiger partial charge is 0.370 e. The first-order valence-corrected chi connectivity index (χ1v) is 14.3. The molecule has 8 heteroatoms. The number of nitrogens with zero attached hydrogens (tertiary/aromatic N) is 4. The van der Waals surface area contributed by atoms with E-state index in [1.807, 2.05) is 30.3 Å². The van der Waals surface area contributed by atoms with Gasteiger partial charge in [0.1, 0.15) is 12.8 Å². The van der Waals surface area contributed by atoms with Crippen molar-refractivity contribution in [3.05, 3.63) is 42.0 Å². The van der Waals surface area contributed by atoms with Gasteiger partial charge in [-0.1, -0.05) is 31.8 Å². The third kappa shape index (κ3) is 5.94. The normalized spacial score (nSPS) is 14.4.